The lowest BCUT2D eigenvalue weighted by molar-refractivity contribution is -0.142. The number of ether oxygens (including phenoxy) is 1. The monoisotopic (exact) mass is 392 g/mol. The van der Waals surface area contributed by atoms with Gasteiger partial charge in [0.15, 0.2) is 0 Å². The molecule has 2 heteroatoms. The number of carbonyl (C=O) groups excluding carboxylic acids is 1. The summed E-state index contributed by atoms with van der Waals surface area (Å²) in [6.45, 7) is 15.5. The molecule has 2 nitrogen and oxygen atoms in total. The van der Waals surface area contributed by atoms with E-state index in [0.29, 0.717) is 18.9 Å². The minimum absolute atomic E-state index is 0.154. The van der Waals surface area contributed by atoms with E-state index in [1.165, 1.54) is 38.9 Å². The highest BCUT2D eigenvalue weighted by Gasteiger charge is 2.20. The first-order chi connectivity index (χ1) is 13.8. The Kier molecular flexibility index (Phi) is 8.25. The fraction of sp³-hybridized carbons (Fsp3) is 0.444. The molecule has 2 rings (SSSR count). The molecule has 0 radical (unpaired) electrons. The minimum atomic E-state index is -0.154. The van der Waals surface area contributed by atoms with Gasteiger partial charge in [-0.15, -0.1) is 0 Å². The van der Waals surface area contributed by atoms with Crippen molar-refractivity contribution in [3.05, 3.63) is 68.8 Å². The molecule has 2 aromatic carbocycles. The molecule has 2 aromatic rings. The molecular weight excluding hydrogens is 356 g/mol. The Bertz CT molecular complexity index is 871. The van der Waals surface area contributed by atoms with Crippen molar-refractivity contribution in [1.82, 2.24) is 0 Å². The molecule has 0 aliphatic heterocycles. The van der Waals surface area contributed by atoms with Gasteiger partial charge in [-0.05, 0) is 85.4 Å². The van der Waals surface area contributed by atoms with E-state index < -0.39 is 0 Å². The molecule has 156 valence electrons. The van der Waals surface area contributed by atoms with Crippen LogP contribution in [0.5, 0.6) is 0 Å². The van der Waals surface area contributed by atoms with E-state index in [1.807, 2.05) is 6.92 Å². The van der Waals surface area contributed by atoms with Crippen LogP contribution in [0.1, 0.15) is 72.2 Å². The molecule has 0 saturated carbocycles. The van der Waals surface area contributed by atoms with Crippen molar-refractivity contribution in [1.29, 1.82) is 0 Å². The normalized spacial score (nSPS) is 11.4. The molecule has 0 bridgehead atoms. The molecule has 0 atom stereocenters. The first-order valence-corrected chi connectivity index (χ1v) is 10.8. The van der Waals surface area contributed by atoms with Crippen molar-refractivity contribution >= 4 is 18.1 Å². The third-order valence-electron chi connectivity index (χ3n) is 5.56. The van der Waals surface area contributed by atoms with Gasteiger partial charge in [0.05, 0.1) is 13.0 Å². The van der Waals surface area contributed by atoms with Crippen LogP contribution in [0.15, 0.2) is 24.3 Å². The van der Waals surface area contributed by atoms with E-state index in [0.717, 1.165) is 18.4 Å². The van der Waals surface area contributed by atoms with Crippen LogP contribution in [-0.4, -0.2) is 12.6 Å². The molecule has 0 unspecified atom stereocenters. The zero-order chi connectivity index (χ0) is 21.6. The smallest absolute Gasteiger partial charge is 0.310 e. The van der Waals surface area contributed by atoms with Gasteiger partial charge in [-0.3, -0.25) is 4.79 Å². The topological polar surface area (TPSA) is 26.3 Å². The maximum Gasteiger partial charge on any atom is 0.310 e. The summed E-state index contributed by atoms with van der Waals surface area (Å²) >= 11 is 0. The van der Waals surface area contributed by atoms with Crippen molar-refractivity contribution < 1.29 is 9.53 Å². The Hall–Kier alpha value is -2.35. The highest BCUT2D eigenvalue weighted by molar-refractivity contribution is 5.80. The van der Waals surface area contributed by atoms with Gasteiger partial charge in [0.2, 0.25) is 0 Å². The quantitative estimate of drug-likeness (QED) is 0.371. The highest BCUT2D eigenvalue weighted by Crippen LogP contribution is 2.32. The number of benzene rings is 2. The van der Waals surface area contributed by atoms with Crippen LogP contribution in [-0.2, 0) is 28.8 Å². The lowest BCUT2D eigenvalue weighted by Crippen LogP contribution is -2.14. The van der Waals surface area contributed by atoms with E-state index in [4.69, 9.17) is 4.74 Å². The summed E-state index contributed by atoms with van der Waals surface area (Å²) in [5, 5.41) is 0. The van der Waals surface area contributed by atoms with Crippen molar-refractivity contribution in [3.63, 3.8) is 0 Å². The van der Waals surface area contributed by atoms with Crippen LogP contribution in [0.4, 0.5) is 0 Å². The Morgan fingerprint density at radius 2 is 1.59 bits per heavy atom. The van der Waals surface area contributed by atoms with E-state index in [-0.39, 0.29) is 5.97 Å². The Morgan fingerprint density at radius 1 is 0.931 bits per heavy atom. The van der Waals surface area contributed by atoms with Gasteiger partial charge >= 0.3 is 5.97 Å². The van der Waals surface area contributed by atoms with Crippen LogP contribution in [0.2, 0.25) is 0 Å². The second kappa shape index (κ2) is 10.4. The third-order valence-corrected chi connectivity index (χ3v) is 5.56. The van der Waals surface area contributed by atoms with Crippen molar-refractivity contribution in [2.24, 2.45) is 5.92 Å². The van der Waals surface area contributed by atoms with Gasteiger partial charge in [0, 0.05) is 0 Å². The SMILES string of the molecule is CCOC(=O)Cc1c(C)c(CC)c(CC(C)C)c(C)c1/C=C/c1ccc(C)cc1. The number of rotatable bonds is 8. The maximum atomic E-state index is 12.4. The molecule has 0 amide bonds. The van der Waals surface area contributed by atoms with Crippen LogP contribution in [0.25, 0.3) is 12.2 Å². The molecule has 29 heavy (non-hydrogen) atoms. The largest absolute Gasteiger partial charge is 0.466 e. The van der Waals surface area contributed by atoms with Crippen LogP contribution < -0.4 is 0 Å². The number of hydrogen-bond acceptors (Lipinski definition) is 2. The van der Waals surface area contributed by atoms with Gasteiger partial charge in [-0.1, -0.05) is 62.8 Å². The van der Waals surface area contributed by atoms with Crippen LogP contribution in [0, 0.1) is 26.7 Å². The van der Waals surface area contributed by atoms with E-state index in [1.54, 1.807) is 0 Å². The first kappa shape index (κ1) is 22.9. The summed E-state index contributed by atoms with van der Waals surface area (Å²) in [7, 11) is 0. The zero-order valence-corrected chi connectivity index (χ0v) is 19.2. The third kappa shape index (κ3) is 5.82. The number of hydrogen-bond donors (Lipinski definition) is 0. The molecule has 0 fully saturated rings. The van der Waals surface area contributed by atoms with Crippen LogP contribution >= 0.6 is 0 Å². The van der Waals surface area contributed by atoms with Crippen molar-refractivity contribution in [3.8, 4) is 0 Å². The van der Waals surface area contributed by atoms with Gasteiger partial charge in [-0.2, -0.15) is 0 Å². The predicted molar refractivity (Wildman–Crippen MR) is 124 cm³/mol. The molecule has 0 N–H and O–H groups in total. The van der Waals surface area contributed by atoms with Gasteiger partial charge < -0.3 is 4.74 Å². The lowest BCUT2D eigenvalue weighted by Gasteiger charge is -2.23. The van der Waals surface area contributed by atoms with Gasteiger partial charge in [0.25, 0.3) is 0 Å². The summed E-state index contributed by atoms with van der Waals surface area (Å²) in [5.74, 6) is 0.432. The molecule has 0 aliphatic rings. The summed E-state index contributed by atoms with van der Waals surface area (Å²) < 4.78 is 5.28. The lowest BCUT2D eigenvalue weighted by atomic mass is 9.82. The van der Waals surface area contributed by atoms with Crippen molar-refractivity contribution in [2.75, 3.05) is 6.61 Å². The van der Waals surface area contributed by atoms with Gasteiger partial charge in [0.1, 0.15) is 0 Å². The fourth-order valence-corrected chi connectivity index (χ4v) is 4.06. The second-order valence-corrected chi connectivity index (χ2v) is 8.28. The molecule has 0 aliphatic carbocycles. The zero-order valence-electron chi connectivity index (χ0n) is 19.2. The van der Waals surface area contributed by atoms with Gasteiger partial charge in [-0.25, -0.2) is 0 Å². The summed E-state index contributed by atoms with van der Waals surface area (Å²) in [6, 6.07) is 8.52. The van der Waals surface area contributed by atoms with E-state index in [2.05, 4.69) is 78.0 Å². The maximum absolute atomic E-state index is 12.4. The number of carbonyl (C=O) groups is 1. The summed E-state index contributed by atoms with van der Waals surface area (Å²) in [5.41, 5.74) is 10.1. The van der Waals surface area contributed by atoms with E-state index >= 15 is 0 Å². The van der Waals surface area contributed by atoms with Crippen LogP contribution in [0.3, 0.4) is 0 Å². The molecule has 0 heterocycles. The van der Waals surface area contributed by atoms with E-state index in [9.17, 15) is 4.79 Å². The summed E-state index contributed by atoms with van der Waals surface area (Å²) in [6.07, 6.45) is 6.70. The Morgan fingerprint density at radius 3 is 2.14 bits per heavy atom. The average Bonchev–Trinajstić information content (AvgIpc) is 2.67. The minimum Gasteiger partial charge on any atom is -0.466 e. The predicted octanol–water partition coefficient (Wildman–Crippen LogP) is 6.65. The standard InChI is InChI=1S/C27H36O2/c1-8-23-20(6)26(17-27(28)29-9-2)24(21(7)25(23)16-18(3)4)15-14-22-12-10-19(5)11-13-22/h10-15,18H,8-9,16-17H2,1-7H3/b15-14+. The molecular formula is C27H36O2. The number of esters is 1. The second-order valence-electron chi connectivity index (χ2n) is 8.28. The Labute approximate surface area is 177 Å². The molecule has 0 aromatic heterocycles. The first-order valence-electron chi connectivity index (χ1n) is 10.8. The Balaban J connectivity index is 2.63. The fourth-order valence-electron chi connectivity index (χ4n) is 4.06. The molecule has 0 saturated heterocycles. The average molecular weight is 393 g/mol. The highest BCUT2D eigenvalue weighted by atomic mass is 16.5. The number of aryl methyl sites for hydroxylation is 1. The summed E-state index contributed by atoms with van der Waals surface area (Å²) in [4.78, 5) is 12.4. The molecule has 0 spiro atoms. The van der Waals surface area contributed by atoms with Crippen molar-refractivity contribution in [2.45, 2.75) is 67.7 Å².